The Kier molecular flexibility index (Phi) is 7.31. The van der Waals surface area contributed by atoms with Crippen molar-refractivity contribution in [1.82, 2.24) is 14.3 Å². The predicted molar refractivity (Wildman–Crippen MR) is 129 cm³/mol. The summed E-state index contributed by atoms with van der Waals surface area (Å²) in [7, 11) is 0. The topological polar surface area (TPSA) is 57.9 Å². The van der Waals surface area contributed by atoms with E-state index in [0.29, 0.717) is 26.3 Å². The number of hydrogen-bond acceptors (Lipinski definition) is 6. The van der Waals surface area contributed by atoms with Gasteiger partial charge in [0.1, 0.15) is 15.8 Å². The molecule has 1 amide bonds. The number of carbonyl (C=O) groups is 1. The molecular weight excluding hydrogens is 416 g/mol. The van der Waals surface area contributed by atoms with Crippen molar-refractivity contribution in [2.45, 2.75) is 53.0 Å². The van der Waals surface area contributed by atoms with Crippen LogP contribution in [0.3, 0.4) is 0 Å². The van der Waals surface area contributed by atoms with E-state index in [1.54, 1.807) is 23.2 Å². The van der Waals surface area contributed by atoms with Crippen LogP contribution >= 0.6 is 24.0 Å². The maximum Gasteiger partial charge on any atom is 0.267 e. The lowest BCUT2D eigenvalue weighted by Crippen LogP contribution is -2.36. The third kappa shape index (κ3) is 4.30. The van der Waals surface area contributed by atoms with Gasteiger partial charge < -0.3 is 4.90 Å². The van der Waals surface area contributed by atoms with Gasteiger partial charge in [-0.2, -0.15) is 0 Å². The molecule has 1 aliphatic rings. The van der Waals surface area contributed by atoms with Crippen LogP contribution in [-0.4, -0.2) is 43.6 Å². The normalized spacial score (nSPS) is 16.7. The van der Waals surface area contributed by atoms with Gasteiger partial charge >= 0.3 is 0 Å². The number of hydrogen-bond donors (Lipinski definition) is 0. The van der Waals surface area contributed by atoms with E-state index in [9.17, 15) is 9.59 Å². The largest absolute Gasteiger partial charge is 0.356 e. The van der Waals surface area contributed by atoms with E-state index in [1.807, 2.05) is 26.0 Å². The highest BCUT2D eigenvalue weighted by Gasteiger charge is 2.35. The number of thiocarbonyl (C=S) groups is 1. The van der Waals surface area contributed by atoms with Crippen LogP contribution in [0.1, 0.15) is 52.5 Å². The SMILES string of the molecule is CCCN(CCC)c1nc2ccccn2c(=O)c1/C=C1\SC(=S)N(C(C)CC)C1=O. The van der Waals surface area contributed by atoms with Crippen LogP contribution in [0.5, 0.6) is 0 Å². The summed E-state index contributed by atoms with van der Waals surface area (Å²) in [6, 6.07) is 5.52. The molecule has 1 aliphatic heterocycles. The Morgan fingerprint density at radius 2 is 1.90 bits per heavy atom. The van der Waals surface area contributed by atoms with Gasteiger partial charge in [-0.25, -0.2) is 4.98 Å². The highest BCUT2D eigenvalue weighted by atomic mass is 32.2. The lowest BCUT2D eigenvalue weighted by Gasteiger charge is -2.24. The van der Waals surface area contributed by atoms with Crippen molar-refractivity contribution < 1.29 is 4.79 Å². The maximum absolute atomic E-state index is 13.4. The fourth-order valence-electron chi connectivity index (χ4n) is 3.50. The Hall–Kier alpha value is -2.19. The minimum atomic E-state index is -0.179. The van der Waals surface area contributed by atoms with Gasteiger partial charge in [0.25, 0.3) is 11.5 Å². The Morgan fingerprint density at radius 1 is 1.20 bits per heavy atom. The second kappa shape index (κ2) is 9.75. The molecule has 0 aliphatic carbocycles. The Morgan fingerprint density at radius 3 is 2.53 bits per heavy atom. The summed E-state index contributed by atoms with van der Waals surface area (Å²) in [5, 5.41) is 0. The summed E-state index contributed by atoms with van der Waals surface area (Å²) >= 11 is 6.70. The molecule has 1 unspecified atom stereocenters. The van der Waals surface area contributed by atoms with E-state index in [1.165, 1.54) is 16.2 Å². The quantitative estimate of drug-likeness (QED) is 0.446. The van der Waals surface area contributed by atoms with Crippen LogP contribution in [-0.2, 0) is 4.79 Å². The number of thioether (sulfide) groups is 1. The molecule has 0 N–H and O–H groups in total. The standard InChI is InChI=1S/C22H28N4O2S2/c1-5-11-24(12-6-2)19-16(20(27)25-13-9-8-10-18(25)23-19)14-17-21(28)26(15(4)7-3)22(29)30-17/h8-10,13-15H,5-7,11-12H2,1-4H3/b17-14-. The molecule has 2 aromatic heterocycles. The molecule has 2 aromatic rings. The van der Waals surface area contributed by atoms with Crippen LogP contribution in [0.25, 0.3) is 11.7 Å². The number of carbonyl (C=O) groups excluding carboxylic acids is 1. The summed E-state index contributed by atoms with van der Waals surface area (Å²) < 4.78 is 2.07. The van der Waals surface area contributed by atoms with Crippen molar-refractivity contribution >= 4 is 51.7 Å². The van der Waals surface area contributed by atoms with Crippen molar-refractivity contribution in [3.8, 4) is 0 Å². The van der Waals surface area contributed by atoms with Crippen LogP contribution in [0, 0.1) is 0 Å². The number of aromatic nitrogens is 2. The lowest BCUT2D eigenvalue weighted by molar-refractivity contribution is -0.123. The first-order valence-electron chi connectivity index (χ1n) is 10.5. The van der Waals surface area contributed by atoms with Gasteiger partial charge in [-0.3, -0.25) is 18.9 Å². The fraction of sp³-hybridized carbons (Fsp3) is 0.455. The van der Waals surface area contributed by atoms with Gasteiger partial charge in [-0.15, -0.1) is 0 Å². The van der Waals surface area contributed by atoms with Crippen molar-refractivity contribution in [3.63, 3.8) is 0 Å². The zero-order chi connectivity index (χ0) is 21.8. The summed E-state index contributed by atoms with van der Waals surface area (Å²) in [5.74, 6) is 0.490. The molecule has 30 heavy (non-hydrogen) atoms. The smallest absolute Gasteiger partial charge is 0.267 e. The molecule has 3 heterocycles. The summed E-state index contributed by atoms with van der Waals surface area (Å²) in [5.41, 5.74) is 0.853. The lowest BCUT2D eigenvalue weighted by atomic mass is 10.2. The zero-order valence-corrected chi connectivity index (χ0v) is 19.6. The summed E-state index contributed by atoms with van der Waals surface area (Å²) in [6.45, 7) is 9.80. The fourth-order valence-corrected chi connectivity index (χ4v) is 4.94. The van der Waals surface area contributed by atoms with Gasteiger partial charge in [0.05, 0.1) is 10.5 Å². The van der Waals surface area contributed by atoms with E-state index in [2.05, 4.69) is 18.7 Å². The first-order valence-corrected chi connectivity index (χ1v) is 11.7. The second-order valence-electron chi connectivity index (χ2n) is 7.38. The molecule has 3 rings (SSSR count). The average Bonchev–Trinajstić information content (AvgIpc) is 3.02. The number of nitrogens with zero attached hydrogens (tertiary/aromatic N) is 4. The number of anilines is 1. The summed E-state index contributed by atoms with van der Waals surface area (Å²) in [4.78, 5) is 35.5. The minimum absolute atomic E-state index is 0.0235. The monoisotopic (exact) mass is 444 g/mol. The van der Waals surface area contributed by atoms with Gasteiger partial charge in [0, 0.05) is 25.3 Å². The minimum Gasteiger partial charge on any atom is -0.356 e. The Labute approximate surface area is 187 Å². The van der Waals surface area contributed by atoms with E-state index in [4.69, 9.17) is 17.2 Å². The van der Waals surface area contributed by atoms with Gasteiger partial charge in [0.2, 0.25) is 0 Å². The Balaban J connectivity index is 2.19. The van der Waals surface area contributed by atoms with Crippen molar-refractivity contribution in [2.24, 2.45) is 0 Å². The molecule has 0 bridgehead atoms. The van der Waals surface area contributed by atoms with Crippen LogP contribution in [0.2, 0.25) is 0 Å². The molecule has 0 aromatic carbocycles. The molecule has 160 valence electrons. The highest BCUT2D eigenvalue weighted by molar-refractivity contribution is 8.26. The molecule has 6 nitrogen and oxygen atoms in total. The van der Waals surface area contributed by atoms with E-state index >= 15 is 0 Å². The number of rotatable bonds is 8. The first-order chi connectivity index (χ1) is 14.4. The van der Waals surface area contributed by atoms with Crippen LogP contribution < -0.4 is 10.5 Å². The molecule has 0 spiro atoms. The molecule has 0 saturated carbocycles. The van der Waals surface area contributed by atoms with Gasteiger partial charge in [-0.05, 0) is 44.4 Å². The zero-order valence-electron chi connectivity index (χ0n) is 17.9. The van der Waals surface area contributed by atoms with E-state index < -0.39 is 0 Å². The molecule has 1 fully saturated rings. The average molecular weight is 445 g/mol. The maximum atomic E-state index is 13.4. The van der Waals surface area contributed by atoms with Gasteiger partial charge in [0.15, 0.2) is 0 Å². The van der Waals surface area contributed by atoms with Crippen molar-refractivity contribution in [1.29, 1.82) is 0 Å². The van der Waals surface area contributed by atoms with E-state index in [-0.39, 0.29) is 17.5 Å². The number of amides is 1. The molecule has 0 radical (unpaired) electrons. The van der Waals surface area contributed by atoms with Crippen molar-refractivity contribution in [2.75, 3.05) is 18.0 Å². The molecular formula is C22H28N4O2S2. The summed E-state index contributed by atoms with van der Waals surface area (Å²) in [6.07, 6.45) is 6.08. The first kappa shape index (κ1) is 22.5. The third-order valence-corrected chi connectivity index (χ3v) is 6.50. The Bertz CT molecular complexity index is 1040. The van der Waals surface area contributed by atoms with E-state index in [0.717, 1.165) is 32.4 Å². The molecule has 1 saturated heterocycles. The van der Waals surface area contributed by atoms with Crippen molar-refractivity contribution in [3.05, 3.63) is 45.2 Å². The predicted octanol–water partition coefficient (Wildman–Crippen LogP) is 4.32. The molecule has 8 heteroatoms. The highest BCUT2D eigenvalue weighted by Crippen LogP contribution is 2.35. The second-order valence-corrected chi connectivity index (χ2v) is 9.05. The molecule has 1 atom stereocenters. The number of fused-ring (bicyclic) bond motifs is 1. The van der Waals surface area contributed by atoms with Crippen LogP contribution in [0.15, 0.2) is 34.1 Å². The third-order valence-electron chi connectivity index (χ3n) is 5.17. The van der Waals surface area contributed by atoms with Gasteiger partial charge in [-0.1, -0.05) is 50.8 Å². The van der Waals surface area contributed by atoms with Crippen LogP contribution in [0.4, 0.5) is 5.82 Å². The number of pyridine rings is 1.